The normalized spacial score (nSPS) is 11.1. The molecule has 34 heavy (non-hydrogen) atoms. The number of ketones is 2. The van der Waals surface area contributed by atoms with Gasteiger partial charge >= 0.3 is 0 Å². The lowest BCUT2D eigenvalue weighted by Gasteiger charge is -2.15. The van der Waals surface area contributed by atoms with E-state index in [1.54, 1.807) is 24.3 Å². The van der Waals surface area contributed by atoms with E-state index in [4.69, 9.17) is 18.3 Å². The van der Waals surface area contributed by atoms with Crippen molar-refractivity contribution in [2.45, 2.75) is 27.7 Å². The highest BCUT2D eigenvalue weighted by molar-refractivity contribution is 6.07. The average Bonchev–Trinajstić information content (AvgIpc) is 2.77. The molecule has 0 saturated heterocycles. The van der Waals surface area contributed by atoms with Crippen molar-refractivity contribution in [3.63, 3.8) is 0 Å². The smallest absolute Gasteiger partial charge is 0.207 e. The summed E-state index contributed by atoms with van der Waals surface area (Å²) in [6.45, 7) is 5.66. The number of carbonyl (C=O) groups excluding carboxylic acids is 2. The van der Waals surface area contributed by atoms with Gasteiger partial charge in [-0.05, 0) is 52.0 Å². The number of benzene rings is 2. The maximum Gasteiger partial charge on any atom is 0.207 e. The molecule has 0 amide bonds. The van der Waals surface area contributed by atoms with Crippen LogP contribution < -0.4 is 20.3 Å². The van der Waals surface area contributed by atoms with E-state index < -0.39 is 22.4 Å². The molecule has 0 aliphatic carbocycles. The van der Waals surface area contributed by atoms with Crippen molar-refractivity contribution in [1.29, 1.82) is 0 Å². The third kappa shape index (κ3) is 3.30. The van der Waals surface area contributed by atoms with Gasteiger partial charge in [-0.3, -0.25) is 19.2 Å². The molecule has 0 bridgehead atoms. The van der Waals surface area contributed by atoms with Crippen LogP contribution in [0.15, 0.2) is 42.7 Å². The zero-order chi connectivity index (χ0) is 24.9. The lowest BCUT2D eigenvalue weighted by molar-refractivity contribution is 0.100. The van der Waals surface area contributed by atoms with Gasteiger partial charge in [0.2, 0.25) is 10.9 Å². The number of fused-ring (bicyclic) bond motifs is 2. The second-order valence-electron chi connectivity index (χ2n) is 7.88. The summed E-state index contributed by atoms with van der Waals surface area (Å²) >= 11 is 0. The highest BCUT2D eigenvalue weighted by atomic mass is 16.5. The van der Waals surface area contributed by atoms with E-state index in [-0.39, 0.29) is 56.1 Å². The summed E-state index contributed by atoms with van der Waals surface area (Å²) in [5.74, 6) is -0.0426. The molecule has 0 aliphatic rings. The number of carbonyl (C=O) groups is 2. The van der Waals surface area contributed by atoms with Crippen LogP contribution in [-0.4, -0.2) is 25.8 Å². The molecule has 4 rings (SSSR count). The SMILES string of the molecule is COc1ccc(-c2ccc(OC)c3c(=O)c(C(C)=O)c(C)oc23)c2oc(C)c(C(C)=O)c(=O)c12. The van der Waals surface area contributed by atoms with Gasteiger partial charge in [0.1, 0.15) is 56.1 Å². The number of rotatable bonds is 5. The highest BCUT2D eigenvalue weighted by Gasteiger charge is 2.25. The van der Waals surface area contributed by atoms with Gasteiger partial charge in [0, 0.05) is 11.1 Å². The first-order valence-corrected chi connectivity index (χ1v) is 10.4. The van der Waals surface area contributed by atoms with Gasteiger partial charge in [0.25, 0.3) is 0 Å². The molecule has 2 aromatic carbocycles. The Morgan fingerprint density at radius 3 is 1.32 bits per heavy atom. The molecule has 0 atom stereocenters. The third-order valence-corrected chi connectivity index (χ3v) is 5.80. The number of ether oxygens (including phenoxy) is 2. The molecule has 174 valence electrons. The minimum absolute atomic E-state index is 0.0592. The van der Waals surface area contributed by atoms with Gasteiger partial charge in [-0.1, -0.05) is 0 Å². The Bertz CT molecular complexity index is 1510. The molecule has 0 fully saturated rings. The fraction of sp³-hybridized carbons (Fsp3) is 0.231. The first-order chi connectivity index (χ1) is 16.1. The Balaban J connectivity index is 2.22. The van der Waals surface area contributed by atoms with Crippen LogP contribution in [0.5, 0.6) is 11.5 Å². The molecular formula is C26H22O8. The van der Waals surface area contributed by atoms with Gasteiger partial charge < -0.3 is 18.3 Å². The summed E-state index contributed by atoms with van der Waals surface area (Å²) < 4.78 is 22.7. The minimum Gasteiger partial charge on any atom is -0.496 e. The minimum atomic E-state index is -0.515. The Hall–Kier alpha value is -4.20. The molecule has 0 saturated carbocycles. The van der Waals surface area contributed by atoms with Crippen molar-refractivity contribution < 1.29 is 27.9 Å². The van der Waals surface area contributed by atoms with E-state index in [0.717, 1.165) is 0 Å². The number of aryl methyl sites for hydroxylation is 2. The molecule has 4 aromatic rings. The van der Waals surface area contributed by atoms with E-state index in [9.17, 15) is 19.2 Å². The van der Waals surface area contributed by atoms with Gasteiger partial charge in [-0.15, -0.1) is 0 Å². The van der Waals surface area contributed by atoms with Crippen LogP contribution in [-0.2, 0) is 0 Å². The number of methoxy groups -OCH3 is 2. The van der Waals surface area contributed by atoms with E-state index in [2.05, 4.69) is 0 Å². The van der Waals surface area contributed by atoms with Crippen LogP contribution in [0.2, 0.25) is 0 Å². The van der Waals surface area contributed by atoms with Crippen LogP contribution in [0.1, 0.15) is 46.1 Å². The van der Waals surface area contributed by atoms with E-state index >= 15 is 0 Å². The topological polar surface area (TPSA) is 113 Å². The number of hydrogen-bond donors (Lipinski definition) is 0. The summed E-state index contributed by atoms with van der Waals surface area (Å²) in [4.78, 5) is 50.7. The Labute approximate surface area is 193 Å². The first kappa shape index (κ1) is 23.0. The van der Waals surface area contributed by atoms with Crippen LogP contribution >= 0.6 is 0 Å². The van der Waals surface area contributed by atoms with Crippen LogP contribution in [0.25, 0.3) is 33.1 Å². The van der Waals surface area contributed by atoms with E-state index in [1.807, 2.05) is 0 Å². The summed E-state index contributed by atoms with van der Waals surface area (Å²) in [7, 11) is 2.82. The predicted molar refractivity (Wildman–Crippen MR) is 127 cm³/mol. The van der Waals surface area contributed by atoms with Gasteiger partial charge in [-0.2, -0.15) is 0 Å². The third-order valence-electron chi connectivity index (χ3n) is 5.80. The van der Waals surface area contributed by atoms with Crippen molar-refractivity contribution in [3.05, 3.63) is 67.4 Å². The average molecular weight is 462 g/mol. The van der Waals surface area contributed by atoms with Crippen molar-refractivity contribution in [3.8, 4) is 22.6 Å². The predicted octanol–water partition coefficient (Wildman–Crippen LogP) is 4.61. The molecule has 8 heteroatoms. The highest BCUT2D eigenvalue weighted by Crippen LogP contribution is 2.39. The number of hydrogen-bond acceptors (Lipinski definition) is 8. The zero-order valence-electron chi connectivity index (χ0n) is 19.6. The Kier molecular flexibility index (Phi) is 5.61. The molecule has 0 unspecified atom stereocenters. The van der Waals surface area contributed by atoms with E-state index in [1.165, 1.54) is 41.9 Å². The summed E-state index contributed by atoms with van der Waals surface area (Å²) in [6, 6.07) is 6.51. The molecular weight excluding hydrogens is 440 g/mol. The molecule has 0 spiro atoms. The standard InChI is InChI=1S/C26H22O8/c1-11(27)19-13(3)33-25-15(7-9-17(31-5)21(25)23(19)29)16-8-10-18(32-6)22-24(30)20(12(2)28)14(4)34-26(16)22/h7-10H,1-6H3. The zero-order valence-corrected chi connectivity index (χ0v) is 19.6. The molecule has 0 aliphatic heterocycles. The van der Waals surface area contributed by atoms with Crippen LogP contribution in [0.3, 0.4) is 0 Å². The second kappa shape index (κ2) is 8.30. The molecule has 2 aromatic heterocycles. The lowest BCUT2D eigenvalue weighted by atomic mass is 9.97. The fourth-order valence-electron chi connectivity index (χ4n) is 4.33. The Morgan fingerprint density at radius 1 is 0.676 bits per heavy atom. The van der Waals surface area contributed by atoms with Gasteiger partial charge in [0.05, 0.1) is 14.2 Å². The summed E-state index contributed by atoms with van der Waals surface area (Å²) in [5, 5.41) is 0.193. The van der Waals surface area contributed by atoms with Gasteiger partial charge in [0.15, 0.2) is 11.6 Å². The molecule has 0 radical (unpaired) electrons. The van der Waals surface area contributed by atoms with E-state index in [0.29, 0.717) is 11.1 Å². The molecule has 0 N–H and O–H groups in total. The fourth-order valence-corrected chi connectivity index (χ4v) is 4.33. The molecule has 2 heterocycles. The maximum absolute atomic E-state index is 13.3. The number of Topliss-reactive ketones (excluding diaryl/α,β-unsaturated/α-hetero) is 2. The van der Waals surface area contributed by atoms with Crippen molar-refractivity contribution in [2.75, 3.05) is 14.2 Å². The summed E-state index contributed by atoms with van der Waals surface area (Å²) in [5.41, 5.74) is 0.0860. The Morgan fingerprint density at radius 2 is 1.03 bits per heavy atom. The largest absolute Gasteiger partial charge is 0.496 e. The van der Waals surface area contributed by atoms with Crippen molar-refractivity contribution in [1.82, 2.24) is 0 Å². The van der Waals surface area contributed by atoms with Crippen LogP contribution in [0.4, 0.5) is 0 Å². The lowest BCUT2D eigenvalue weighted by Crippen LogP contribution is -2.17. The van der Waals surface area contributed by atoms with Gasteiger partial charge in [-0.25, -0.2) is 0 Å². The monoisotopic (exact) mass is 462 g/mol. The summed E-state index contributed by atoms with van der Waals surface area (Å²) in [6.07, 6.45) is 0. The van der Waals surface area contributed by atoms with Crippen LogP contribution in [0, 0.1) is 13.8 Å². The van der Waals surface area contributed by atoms with Crippen molar-refractivity contribution in [2.24, 2.45) is 0 Å². The molecule has 8 nitrogen and oxygen atoms in total. The second-order valence-corrected chi connectivity index (χ2v) is 7.88. The maximum atomic E-state index is 13.3. The quantitative estimate of drug-likeness (QED) is 0.395. The van der Waals surface area contributed by atoms with Crippen molar-refractivity contribution >= 4 is 33.5 Å². The first-order valence-electron chi connectivity index (χ1n) is 10.4.